The van der Waals surface area contributed by atoms with Crippen LogP contribution in [-0.2, 0) is 0 Å². The van der Waals surface area contributed by atoms with Gasteiger partial charge in [0.1, 0.15) is 0 Å². The number of hydrogen-bond acceptors (Lipinski definition) is 3. The maximum Gasteiger partial charge on any atom is 0.261 e. The Morgan fingerprint density at radius 3 is 2.93 bits per heavy atom. The monoisotopic (exact) mass is 228 g/mol. The van der Waals surface area contributed by atoms with Crippen LogP contribution in [0.15, 0.2) is 11.4 Å². The summed E-state index contributed by atoms with van der Waals surface area (Å²) in [6.07, 6.45) is 0.547. The van der Waals surface area contributed by atoms with Crippen LogP contribution in [0.3, 0.4) is 0 Å². The third-order valence-corrected chi connectivity index (χ3v) is 2.94. The van der Waals surface area contributed by atoms with E-state index in [1.54, 1.807) is 0 Å². The van der Waals surface area contributed by atoms with Crippen molar-refractivity contribution in [3.8, 4) is 0 Å². The maximum atomic E-state index is 11.5. The number of carbonyl (C=O) groups excluding carboxylic acids is 1. The second kappa shape index (κ2) is 5.07. The molecule has 1 aromatic rings. The highest BCUT2D eigenvalue weighted by Crippen LogP contribution is 2.14. The Bertz CT molecular complexity index is 346. The highest BCUT2D eigenvalue weighted by molar-refractivity contribution is 7.80. The minimum atomic E-state index is -0.0475. The molecule has 1 heterocycles. The van der Waals surface area contributed by atoms with Crippen LogP contribution in [0.5, 0.6) is 0 Å². The Hall–Kier alpha value is -0.940. The summed E-state index contributed by atoms with van der Waals surface area (Å²) in [7, 11) is 0. The van der Waals surface area contributed by atoms with Gasteiger partial charge in [-0.25, -0.2) is 0 Å². The number of aryl methyl sites for hydroxylation is 1. The third-order valence-electron chi connectivity index (χ3n) is 1.73. The number of nitrogens with one attached hydrogen (secondary N) is 1. The molecule has 1 rings (SSSR count). The van der Waals surface area contributed by atoms with Crippen molar-refractivity contribution in [1.82, 2.24) is 5.32 Å². The van der Waals surface area contributed by atoms with E-state index in [0.717, 1.165) is 10.4 Å². The number of thiocarbonyl (C=S) groups is 1. The van der Waals surface area contributed by atoms with Crippen molar-refractivity contribution in [2.45, 2.75) is 13.3 Å². The molecule has 3 N–H and O–H groups in total. The Morgan fingerprint density at radius 1 is 1.71 bits per heavy atom. The van der Waals surface area contributed by atoms with E-state index in [1.165, 1.54) is 11.3 Å². The molecule has 1 amide bonds. The van der Waals surface area contributed by atoms with Gasteiger partial charge < -0.3 is 11.1 Å². The number of rotatable bonds is 4. The van der Waals surface area contributed by atoms with Gasteiger partial charge in [-0.05, 0) is 23.9 Å². The van der Waals surface area contributed by atoms with Crippen LogP contribution in [0.4, 0.5) is 0 Å². The second-order valence-corrected chi connectivity index (χ2v) is 4.35. The van der Waals surface area contributed by atoms with Crippen molar-refractivity contribution in [3.05, 3.63) is 21.9 Å². The van der Waals surface area contributed by atoms with Crippen molar-refractivity contribution in [1.29, 1.82) is 0 Å². The van der Waals surface area contributed by atoms with E-state index in [1.807, 2.05) is 18.4 Å². The average molecular weight is 228 g/mol. The second-order valence-electron chi connectivity index (χ2n) is 2.90. The van der Waals surface area contributed by atoms with Crippen molar-refractivity contribution in [3.63, 3.8) is 0 Å². The fourth-order valence-corrected chi connectivity index (χ4v) is 1.93. The predicted octanol–water partition coefficient (Wildman–Crippen LogP) is 1.46. The Labute approximate surface area is 92.3 Å². The molecular formula is C9H12N2OS2. The maximum absolute atomic E-state index is 11.5. The number of nitrogens with two attached hydrogens (primary N) is 1. The summed E-state index contributed by atoms with van der Waals surface area (Å²) in [5.74, 6) is -0.0475. The van der Waals surface area contributed by atoms with Gasteiger partial charge in [-0.3, -0.25) is 4.79 Å². The summed E-state index contributed by atoms with van der Waals surface area (Å²) in [4.78, 5) is 12.7. The molecule has 0 aromatic carbocycles. The first-order valence-electron chi connectivity index (χ1n) is 4.22. The molecular weight excluding hydrogens is 216 g/mol. The van der Waals surface area contributed by atoms with Crippen LogP contribution >= 0.6 is 23.6 Å². The van der Waals surface area contributed by atoms with E-state index in [-0.39, 0.29) is 5.91 Å². The lowest BCUT2D eigenvalue weighted by Crippen LogP contribution is -2.27. The van der Waals surface area contributed by atoms with Crippen molar-refractivity contribution in [2.75, 3.05) is 6.54 Å². The number of thiophene rings is 1. The Balaban J connectivity index is 2.44. The lowest BCUT2D eigenvalue weighted by molar-refractivity contribution is 0.0958. The van der Waals surface area contributed by atoms with Crippen LogP contribution in [0.25, 0.3) is 0 Å². The normalized spacial score (nSPS) is 9.79. The van der Waals surface area contributed by atoms with Crippen LogP contribution in [0.2, 0.25) is 0 Å². The molecule has 0 atom stereocenters. The fraction of sp³-hybridized carbons (Fsp3) is 0.333. The van der Waals surface area contributed by atoms with E-state index < -0.39 is 0 Å². The molecule has 0 radical (unpaired) electrons. The van der Waals surface area contributed by atoms with Crippen LogP contribution in [0.1, 0.15) is 21.7 Å². The summed E-state index contributed by atoms with van der Waals surface area (Å²) >= 11 is 6.14. The van der Waals surface area contributed by atoms with E-state index in [2.05, 4.69) is 5.32 Å². The molecule has 0 fully saturated rings. The lowest BCUT2D eigenvalue weighted by Gasteiger charge is -2.02. The summed E-state index contributed by atoms with van der Waals surface area (Å²) in [5, 5.41) is 4.66. The molecule has 5 heteroatoms. The molecule has 14 heavy (non-hydrogen) atoms. The smallest absolute Gasteiger partial charge is 0.261 e. The van der Waals surface area contributed by atoms with Gasteiger partial charge in [0.2, 0.25) is 0 Å². The van der Waals surface area contributed by atoms with Gasteiger partial charge in [-0.1, -0.05) is 12.2 Å². The van der Waals surface area contributed by atoms with E-state index in [9.17, 15) is 4.79 Å². The van der Waals surface area contributed by atoms with Gasteiger partial charge in [-0.2, -0.15) is 0 Å². The molecule has 0 spiro atoms. The predicted molar refractivity (Wildman–Crippen MR) is 62.8 cm³/mol. The lowest BCUT2D eigenvalue weighted by atomic mass is 10.3. The number of carbonyl (C=O) groups is 1. The molecule has 0 aliphatic heterocycles. The molecule has 0 aliphatic carbocycles. The molecule has 3 nitrogen and oxygen atoms in total. The summed E-state index contributed by atoms with van der Waals surface area (Å²) in [5.41, 5.74) is 6.31. The highest BCUT2D eigenvalue weighted by Gasteiger charge is 2.08. The largest absolute Gasteiger partial charge is 0.393 e. The van der Waals surface area contributed by atoms with Gasteiger partial charge in [0.05, 0.1) is 9.87 Å². The summed E-state index contributed by atoms with van der Waals surface area (Å²) in [6.45, 7) is 2.42. The standard InChI is InChI=1S/C9H12N2OS2/c1-6-3-5-14-8(6)9(12)11-4-2-7(10)13/h3,5H,2,4H2,1H3,(H2,10,13)(H,11,12). The minimum Gasteiger partial charge on any atom is -0.393 e. The van der Waals surface area contributed by atoms with Crippen LogP contribution in [0, 0.1) is 6.92 Å². The molecule has 0 saturated heterocycles. The topological polar surface area (TPSA) is 55.1 Å². The zero-order chi connectivity index (χ0) is 10.6. The minimum absolute atomic E-state index is 0.0475. The quantitative estimate of drug-likeness (QED) is 0.767. The highest BCUT2D eigenvalue weighted by atomic mass is 32.1. The van der Waals surface area contributed by atoms with E-state index in [0.29, 0.717) is 18.0 Å². The van der Waals surface area contributed by atoms with E-state index in [4.69, 9.17) is 18.0 Å². The third kappa shape index (κ3) is 3.08. The zero-order valence-corrected chi connectivity index (χ0v) is 9.50. The fourth-order valence-electron chi connectivity index (χ4n) is 0.985. The van der Waals surface area contributed by atoms with Gasteiger partial charge in [0, 0.05) is 13.0 Å². The molecule has 0 bridgehead atoms. The Kier molecular flexibility index (Phi) is 4.03. The molecule has 0 aliphatic rings. The first-order valence-corrected chi connectivity index (χ1v) is 5.50. The molecule has 0 saturated carbocycles. The molecule has 76 valence electrons. The van der Waals surface area contributed by atoms with Crippen LogP contribution < -0.4 is 11.1 Å². The summed E-state index contributed by atoms with van der Waals surface area (Å²) < 4.78 is 0. The molecule has 0 unspecified atom stereocenters. The van der Waals surface area contributed by atoms with E-state index >= 15 is 0 Å². The molecule has 1 aromatic heterocycles. The first-order chi connectivity index (χ1) is 6.61. The van der Waals surface area contributed by atoms with Crippen molar-refractivity contribution in [2.24, 2.45) is 5.73 Å². The van der Waals surface area contributed by atoms with Crippen molar-refractivity contribution >= 4 is 34.5 Å². The average Bonchev–Trinajstić information content (AvgIpc) is 2.50. The zero-order valence-electron chi connectivity index (χ0n) is 7.87. The van der Waals surface area contributed by atoms with Gasteiger partial charge in [-0.15, -0.1) is 11.3 Å². The first kappa shape index (κ1) is 11.1. The van der Waals surface area contributed by atoms with Gasteiger partial charge >= 0.3 is 0 Å². The SMILES string of the molecule is Cc1ccsc1C(=O)NCCC(N)=S. The van der Waals surface area contributed by atoms with Gasteiger partial charge in [0.15, 0.2) is 0 Å². The Morgan fingerprint density at radius 2 is 2.43 bits per heavy atom. The number of hydrogen-bond donors (Lipinski definition) is 2. The van der Waals surface area contributed by atoms with Gasteiger partial charge in [0.25, 0.3) is 5.91 Å². The van der Waals surface area contributed by atoms with Crippen LogP contribution in [-0.4, -0.2) is 17.4 Å². The summed E-state index contributed by atoms with van der Waals surface area (Å²) in [6, 6.07) is 1.92. The number of amides is 1. The van der Waals surface area contributed by atoms with Crippen molar-refractivity contribution < 1.29 is 4.79 Å².